The molecule has 9 heteroatoms. The van der Waals surface area contributed by atoms with Gasteiger partial charge in [-0.15, -0.1) is 0 Å². The molecule has 8 nitrogen and oxygen atoms in total. The maximum Gasteiger partial charge on any atom is 0.329 e. The van der Waals surface area contributed by atoms with E-state index in [9.17, 15) is 14.4 Å². The summed E-state index contributed by atoms with van der Waals surface area (Å²) in [5.41, 5.74) is 0.432. The number of aromatic nitrogens is 4. The molecule has 0 amide bonds. The number of aromatic amines is 1. The van der Waals surface area contributed by atoms with E-state index in [1.54, 1.807) is 4.57 Å². The fourth-order valence-corrected chi connectivity index (χ4v) is 3.41. The second kappa shape index (κ2) is 8.75. The predicted octanol–water partition coefficient (Wildman–Crippen LogP) is 1.83. The molecule has 146 valence electrons. The van der Waals surface area contributed by atoms with Crippen LogP contribution in [0.3, 0.4) is 0 Å². The Morgan fingerprint density at radius 1 is 1.29 bits per heavy atom. The molecule has 0 fully saturated rings. The first-order valence-corrected chi connectivity index (χ1v) is 9.63. The van der Waals surface area contributed by atoms with Crippen LogP contribution in [0.1, 0.15) is 12.5 Å². The normalized spacial score (nSPS) is 11.4. The third-order valence-electron chi connectivity index (χ3n) is 4.06. The van der Waals surface area contributed by atoms with Crippen molar-refractivity contribution in [2.24, 2.45) is 7.05 Å². The van der Waals surface area contributed by atoms with Crippen LogP contribution in [0.2, 0.25) is 0 Å². The van der Waals surface area contributed by atoms with Crippen molar-refractivity contribution in [2.45, 2.75) is 25.2 Å². The number of hydrogen-bond acceptors (Lipinski definition) is 6. The average molecular weight is 400 g/mol. The Balaban J connectivity index is 1.80. The molecule has 28 heavy (non-hydrogen) atoms. The topological polar surface area (TPSA) is 99.0 Å². The van der Waals surface area contributed by atoms with Gasteiger partial charge in [0.15, 0.2) is 16.3 Å². The van der Waals surface area contributed by atoms with Crippen molar-refractivity contribution in [3.8, 4) is 0 Å². The lowest BCUT2D eigenvalue weighted by atomic mass is 10.2. The van der Waals surface area contributed by atoms with E-state index in [-0.39, 0.29) is 24.0 Å². The number of H-pyrrole nitrogens is 1. The number of nitrogens with zero attached hydrogens (tertiary/aromatic N) is 3. The Labute approximate surface area is 164 Å². The summed E-state index contributed by atoms with van der Waals surface area (Å²) in [7, 11) is 1.54. The lowest BCUT2D eigenvalue weighted by Gasteiger charge is -2.06. The van der Waals surface area contributed by atoms with Crippen LogP contribution < -0.4 is 11.2 Å². The van der Waals surface area contributed by atoms with Gasteiger partial charge in [0.1, 0.15) is 6.61 Å². The molecule has 0 saturated heterocycles. The molecule has 2 heterocycles. The average Bonchev–Trinajstić information content (AvgIpc) is 3.07. The first-order chi connectivity index (χ1) is 13.5. The van der Waals surface area contributed by atoms with E-state index in [4.69, 9.17) is 4.74 Å². The third-order valence-corrected chi connectivity index (χ3v) is 5.01. The first kappa shape index (κ1) is 19.7. The maximum atomic E-state index is 12.3. The van der Waals surface area contributed by atoms with Gasteiger partial charge in [0.05, 0.1) is 5.75 Å². The molecule has 0 unspecified atom stereocenters. The van der Waals surface area contributed by atoms with Crippen molar-refractivity contribution in [3.63, 3.8) is 0 Å². The number of rotatable bonds is 7. The van der Waals surface area contributed by atoms with Crippen molar-refractivity contribution in [1.29, 1.82) is 0 Å². The number of fused-ring (bicyclic) bond motifs is 1. The molecule has 1 aromatic carbocycles. The number of hydrogen-bond donors (Lipinski definition) is 1. The van der Waals surface area contributed by atoms with Crippen LogP contribution in [0.4, 0.5) is 0 Å². The summed E-state index contributed by atoms with van der Waals surface area (Å²) in [5, 5.41) is 0.469. The number of imidazole rings is 1. The molecule has 2 aromatic heterocycles. The van der Waals surface area contributed by atoms with Gasteiger partial charge in [0, 0.05) is 13.6 Å². The van der Waals surface area contributed by atoms with Crippen LogP contribution in [0.25, 0.3) is 11.2 Å². The molecule has 0 radical (unpaired) electrons. The molecule has 0 aliphatic rings. The van der Waals surface area contributed by atoms with Gasteiger partial charge in [-0.1, -0.05) is 54.2 Å². The van der Waals surface area contributed by atoms with Crippen molar-refractivity contribution < 1.29 is 9.53 Å². The van der Waals surface area contributed by atoms with Crippen LogP contribution in [-0.4, -0.2) is 30.8 Å². The summed E-state index contributed by atoms with van der Waals surface area (Å²) in [6.07, 6.45) is 3.72. The molecule has 0 aliphatic heterocycles. The van der Waals surface area contributed by atoms with Gasteiger partial charge in [-0.2, -0.15) is 0 Å². The minimum absolute atomic E-state index is 0.0395. The number of ether oxygens (including phenoxy) is 1. The van der Waals surface area contributed by atoms with Gasteiger partial charge >= 0.3 is 11.7 Å². The Bertz CT molecular complexity index is 1130. The van der Waals surface area contributed by atoms with E-state index in [1.807, 2.05) is 49.4 Å². The highest BCUT2D eigenvalue weighted by molar-refractivity contribution is 7.99. The number of carbonyl (C=O) groups excluding carboxylic acids is 1. The largest absolute Gasteiger partial charge is 0.460 e. The quantitative estimate of drug-likeness (QED) is 0.369. The molecule has 3 aromatic rings. The van der Waals surface area contributed by atoms with Crippen LogP contribution in [0.15, 0.2) is 57.2 Å². The third kappa shape index (κ3) is 4.25. The number of thioether (sulfide) groups is 1. The Morgan fingerprint density at radius 2 is 2.04 bits per heavy atom. The van der Waals surface area contributed by atoms with Gasteiger partial charge in [0.25, 0.3) is 5.56 Å². The predicted molar refractivity (Wildman–Crippen MR) is 107 cm³/mol. The van der Waals surface area contributed by atoms with Crippen molar-refractivity contribution >= 4 is 28.9 Å². The summed E-state index contributed by atoms with van der Waals surface area (Å²) >= 11 is 1.17. The van der Waals surface area contributed by atoms with Crippen LogP contribution in [0.5, 0.6) is 0 Å². The van der Waals surface area contributed by atoms with E-state index in [0.29, 0.717) is 17.2 Å². The molecule has 3 rings (SSSR count). The molecule has 1 N–H and O–H groups in total. The van der Waals surface area contributed by atoms with Crippen molar-refractivity contribution in [1.82, 2.24) is 19.1 Å². The summed E-state index contributed by atoms with van der Waals surface area (Å²) in [6, 6.07) is 9.41. The minimum Gasteiger partial charge on any atom is -0.460 e. The Hall–Kier alpha value is -3.07. The zero-order chi connectivity index (χ0) is 20.1. The zero-order valence-electron chi connectivity index (χ0n) is 15.5. The standard InChI is InChI=1S/C19H20N4O4S/c1-3-4-10-23-15-16(22(2)18(26)21-17(15)25)20-19(23)28-12-14(24)27-11-13-8-6-5-7-9-13/h3-9H,10-12H2,1-2H3,(H,21,25,26). The summed E-state index contributed by atoms with van der Waals surface area (Å²) in [5.74, 6) is -0.348. The van der Waals surface area contributed by atoms with Crippen LogP contribution in [-0.2, 0) is 29.7 Å². The summed E-state index contributed by atoms with van der Waals surface area (Å²) in [4.78, 5) is 42.9. The number of nitrogens with one attached hydrogen (secondary N) is 1. The van der Waals surface area contributed by atoms with E-state index in [2.05, 4.69) is 9.97 Å². The number of aryl methyl sites for hydroxylation is 1. The summed E-state index contributed by atoms with van der Waals surface area (Å²) < 4.78 is 8.24. The smallest absolute Gasteiger partial charge is 0.329 e. The van der Waals surface area contributed by atoms with Crippen LogP contribution >= 0.6 is 11.8 Å². The monoisotopic (exact) mass is 400 g/mol. The van der Waals surface area contributed by atoms with Crippen molar-refractivity contribution in [3.05, 3.63) is 68.9 Å². The highest BCUT2D eigenvalue weighted by Gasteiger charge is 2.18. The van der Waals surface area contributed by atoms with Crippen LogP contribution in [0, 0.1) is 0 Å². The first-order valence-electron chi connectivity index (χ1n) is 8.64. The van der Waals surface area contributed by atoms with E-state index >= 15 is 0 Å². The van der Waals surface area contributed by atoms with Gasteiger partial charge < -0.3 is 9.30 Å². The number of esters is 1. The van der Waals surface area contributed by atoms with Gasteiger partial charge in [-0.25, -0.2) is 9.78 Å². The fraction of sp³-hybridized carbons (Fsp3) is 0.263. The van der Waals surface area contributed by atoms with Crippen molar-refractivity contribution in [2.75, 3.05) is 5.75 Å². The fourth-order valence-electron chi connectivity index (χ4n) is 2.61. The number of benzene rings is 1. The molecule has 0 atom stereocenters. The van der Waals surface area contributed by atoms with Gasteiger partial charge in [-0.05, 0) is 12.5 Å². The highest BCUT2D eigenvalue weighted by Crippen LogP contribution is 2.22. The molecule has 0 bridgehead atoms. The second-order valence-corrected chi connectivity index (χ2v) is 6.94. The number of carbonyl (C=O) groups is 1. The lowest BCUT2D eigenvalue weighted by Crippen LogP contribution is -2.29. The second-order valence-electron chi connectivity index (χ2n) is 6.00. The minimum atomic E-state index is -0.535. The zero-order valence-corrected chi connectivity index (χ0v) is 16.4. The lowest BCUT2D eigenvalue weighted by molar-refractivity contribution is -0.141. The Morgan fingerprint density at radius 3 is 2.75 bits per heavy atom. The molecule has 0 saturated carbocycles. The number of allylic oxidation sites excluding steroid dienone is 2. The highest BCUT2D eigenvalue weighted by atomic mass is 32.2. The van der Waals surface area contributed by atoms with E-state index in [0.717, 1.165) is 5.56 Å². The van der Waals surface area contributed by atoms with E-state index < -0.39 is 11.2 Å². The maximum absolute atomic E-state index is 12.3. The van der Waals surface area contributed by atoms with E-state index in [1.165, 1.54) is 23.4 Å². The summed E-state index contributed by atoms with van der Waals surface area (Å²) in [6.45, 7) is 2.46. The molecule has 0 spiro atoms. The molecular formula is C19H20N4O4S. The Kier molecular flexibility index (Phi) is 6.15. The SMILES string of the molecule is CC=CCn1c(SCC(=O)OCc2ccccc2)nc2c1c(=O)[nH]c(=O)n2C. The van der Waals surface area contributed by atoms with Gasteiger partial charge in [0.2, 0.25) is 0 Å². The molecular weight excluding hydrogens is 380 g/mol. The van der Waals surface area contributed by atoms with Gasteiger partial charge in [-0.3, -0.25) is 19.1 Å². The molecule has 0 aliphatic carbocycles.